The maximum Gasteiger partial charge on any atom is 0.238 e. The molecule has 7 heteroatoms. The molecule has 1 aliphatic rings. The van der Waals surface area contributed by atoms with Gasteiger partial charge in [0.15, 0.2) is 0 Å². The van der Waals surface area contributed by atoms with Crippen LogP contribution in [0.15, 0.2) is 18.2 Å². The van der Waals surface area contributed by atoms with Crippen LogP contribution in [-0.4, -0.2) is 54.3 Å². The van der Waals surface area contributed by atoms with Crippen molar-refractivity contribution in [2.24, 2.45) is 0 Å². The molecule has 2 rings (SSSR count). The number of carbonyl (C=O) groups is 2. The number of nitrogens with zero attached hydrogens (tertiary/aromatic N) is 2. The van der Waals surface area contributed by atoms with Crippen LogP contribution in [-0.2, 0) is 9.59 Å². The molecule has 21 heavy (non-hydrogen) atoms. The zero-order chi connectivity index (χ0) is 15.4. The van der Waals surface area contributed by atoms with Crippen molar-refractivity contribution in [3.8, 4) is 0 Å². The molecule has 1 aromatic rings. The first-order valence-corrected chi connectivity index (χ1v) is 6.69. The lowest BCUT2D eigenvalue weighted by molar-refractivity contribution is -0.130. The molecule has 1 aromatic carbocycles. The van der Waals surface area contributed by atoms with E-state index in [1.807, 2.05) is 4.90 Å². The number of para-hydroxylation sites is 1. The summed E-state index contributed by atoms with van der Waals surface area (Å²) in [6.45, 7) is 3.77. The summed E-state index contributed by atoms with van der Waals surface area (Å²) in [5, 5.41) is 2.25. The summed E-state index contributed by atoms with van der Waals surface area (Å²) < 4.78 is 26.8. The largest absolute Gasteiger partial charge is 0.340 e. The minimum absolute atomic E-state index is 0.00697. The van der Waals surface area contributed by atoms with E-state index in [-0.39, 0.29) is 12.5 Å². The minimum atomic E-state index is -0.801. The summed E-state index contributed by atoms with van der Waals surface area (Å²) in [7, 11) is 0. The van der Waals surface area contributed by atoms with Crippen molar-refractivity contribution in [3.05, 3.63) is 29.8 Å². The third-order valence-corrected chi connectivity index (χ3v) is 3.41. The third-order valence-electron chi connectivity index (χ3n) is 3.41. The minimum Gasteiger partial charge on any atom is -0.340 e. The standard InChI is InChI=1S/C14H17F2N3O2/c1-10(20)19-7-5-18(6-8-19)9-13(21)17-14-11(15)3-2-4-12(14)16/h2-4H,5-9H2,1H3,(H,17,21). The van der Waals surface area contributed by atoms with E-state index in [1.165, 1.54) is 13.0 Å². The molecule has 5 nitrogen and oxygen atoms in total. The van der Waals surface area contributed by atoms with Crippen LogP contribution in [0.4, 0.5) is 14.5 Å². The van der Waals surface area contributed by atoms with Crippen molar-refractivity contribution < 1.29 is 18.4 Å². The second-order valence-electron chi connectivity index (χ2n) is 4.93. The first-order valence-electron chi connectivity index (χ1n) is 6.69. The smallest absolute Gasteiger partial charge is 0.238 e. The number of rotatable bonds is 3. The Labute approximate surface area is 121 Å². The lowest BCUT2D eigenvalue weighted by atomic mass is 10.2. The van der Waals surface area contributed by atoms with E-state index in [4.69, 9.17) is 0 Å². The number of nitrogens with one attached hydrogen (secondary N) is 1. The predicted molar refractivity (Wildman–Crippen MR) is 73.7 cm³/mol. The van der Waals surface area contributed by atoms with Gasteiger partial charge in [-0.25, -0.2) is 8.78 Å². The Morgan fingerprint density at radius 1 is 1.14 bits per heavy atom. The number of amides is 2. The topological polar surface area (TPSA) is 52.7 Å². The molecule has 1 heterocycles. The maximum atomic E-state index is 13.4. The highest BCUT2D eigenvalue weighted by molar-refractivity contribution is 5.92. The van der Waals surface area contributed by atoms with Gasteiger partial charge in [-0.1, -0.05) is 6.07 Å². The molecule has 0 aliphatic carbocycles. The number of carbonyl (C=O) groups excluding carboxylic acids is 2. The molecule has 1 N–H and O–H groups in total. The van der Waals surface area contributed by atoms with Crippen molar-refractivity contribution in [2.75, 3.05) is 38.0 Å². The van der Waals surface area contributed by atoms with Crippen LogP contribution >= 0.6 is 0 Å². The summed E-state index contributed by atoms with van der Waals surface area (Å²) in [6, 6.07) is 3.41. The van der Waals surface area contributed by atoms with Crippen LogP contribution in [0.25, 0.3) is 0 Å². The van der Waals surface area contributed by atoms with Crippen molar-refractivity contribution in [2.45, 2.75) is 6.92 Å². The molecule has 2 amide bonds. The number of halogens is 2. The molecule has 0 spiro atoms. The summed E-state index contributed by atoms with van der Waals surface area (Å²) in [5.41, 5.74) is -0.426. The summed E-state index contributed by atoms with van der Waals surface area (Å²) >= 11 is 0. The average molecular weight is 297 g/mol. The van der Waals surface area contributed by atoms with Gasteiger partial charge in [0, 0.05) is 33.1 Å². The van der Waals surface area contributed by atoms with E-state index in [1.54, 1.807) is 4.90 Å². The molecule has 0 atom stereocenters. The van der Waals surface area contributed by atoms with Crippen LogP contribution in [0.2, 0.25) is 0 Å². The third kappa shape index (κ3) is 3.98. The lowest BCUT2D eigenvalue weighted by Gasteiger charge is -2.33. The van der Waals surface area contributed by atoms with E-state index in [2.05, 4.69) is 5.32 Å². The molecule has 0 radical (unpaired) electrons. The molecular formula is C14H17F2N3O2. The van der Waals surface area contributed by atoms with Crippen LogP contribution in [0.3, 0.4) is 0 Å². The van der Waals surface area contributed by atoms with Gasteiger partial charge in [0.05, 0.1) is 6.54 Å². The van der Waals surface area contributed by atoms with Crippen LogP contribution in [0.5, 0.6) is 0 Å². The molecule has 0 saturated carbocycles. The van der Waals surface area contributed by atoms with Gasteiger partial charge in [-0.2, -0.15) is 0 Å². The van der Waals surface area contributed by atoms with Crippen molar-refractivity contribution in [1.82, 2.24) is 9.80 Å². The number of hydrogen-bond donors (Lipinski definition) is 1. The van der Waals surface area contributed by atoms with Crippen molar-refractivity contribution in [1.29, 1.82) is 0 Å². The Balaban J connectivity index is 1.87. The van der Waals surface area contributed by atoms with E-state index < -0.39 is 23.2 Å². The van der Waals surface area contributed by atoms with Gasteiger partial charge in [-0.3, -0.25) is 14.5 Å². The van der Waals surface area contributed by atoms with E-state index in [9.17, 15) is 18.4 Å². The van der Waals surface area contributed by atoms with Gasteiger partial charge >= 0.3 is 0 Å². The first kappa shape index (κ1) is 15.4. The highest BCUT2D eigenvalue weighted by Crippen LogP contribution is 2.17. The first-order chi connectivity index (χ1) is 9.97. The van der Waals surface area contributed by atoms with Crippen LogP contribution in [0, 0.1) is 11.6 Å². The van der Waals surface area contributed by atoms with Crippen molar-refractivity contribution in [3.63, 3.8) is 0 Å². The average Bonchev–Trinajstić information content (AvgIpc) is 2.43. The van der Waals surface area contributed by atoms with Gasteiger partial charge in [-0.05, 0) is 12.1 Å². The summed E-state index contributed by atoms with van der Waals surface area (Å²) in [5.74, 6) is -2.07. The Kier molecular flexibility index (Phi) is 4.85. The summed E-state index contributed by atoms with van der Waals surface area (Å²) in [4.78, 5) is 26.6. The predicted octanol–water partition coefficient (Wildman–Crippen LogP) is 1.07. The molecule has 1 aliphatic heterocycles. The Bertz CT molecular complexity index is 523. The fourth-order valence-electron chi connectivity index (χ4n) is 2.22. The molecule has 1 fully saturated rings. The number of piperazine rings is 1. The maximum absolute atomic E-state index is 13.4. The van der Waals surface area contributed by atoms with Gasteiger partial charge in [0.25, 0.3) is 0 Å². The van der Waals surface area contributed by atoms with Gasteiger partial charge in [0.1, 0.15) is 17.3 Å². The summed E-state index contributed by atoms with van der Waals surface area (Å²) in [6.07, 6.45) is 0. The highest BCUT2D eigenvalue weighted by atomic mass is 19.1. The second-order valence-corrected chi connectivity index (χ2v) is 4.93. The Morgan fingerprint density at radius 3 is 2.24 bits per heavy atom. The molecule has 0 unspecified atom stereocenters. The molecule has 1 saturated heterocycles. The van der Waals surface area contributed by atoms with Gasteiger partial charge in [-0.15, -0.1) is 0 Å². The second kappa shape index (κ2) is 6.62. The Morgan fingerprint density at radius 2 is 1.71 bits per heavy atom. The van der Waals surface area contributed by atoms with Crippen LogP contribution in [0.1, 0.15) is 6.92 Å². The molecular weight excluding hydrogens is 280 g/mol. The zero-order valence-electron chi connectivity index (χ0n) is 11.7. The number of benzene rings is 1. The SMILES string of the molecule is CC(=O)N1CCN(CC(=O)Nc2c(F)cccc2F)CC1. The fourth-order valence-corrected chi connectivity index (χ4v) is 2.22. The van der Waals surface area contributed by atoms with E-state index in [0.29, 0.717) is 26.2 Å². The van der Waals surface area contributed by atoms with E-state index >= 15 is 0 Å². The number of hydrogen-bond acceptors (Lipinski definition) is 3. The molecule has 0 aromatic heterocycles. The molecule has 114 valence electrons. The van der Waals surface area contributed by atoms with Gasteiger partial charge in [0.2, 0.25) is 11.8 Å². The monoisotopic (exact) mass is 297 g/mol. The quantitative estimate of drug-likeness (QED) is 0.908. The van der Waals surface area contributed by atoms with Crippen molar-refractivity contribution >= 4 is 17.5 Å². The molecule has 0 bridgehead atoms. The normalized spacial score (nSPS) is 15.9. The zero-order valence-corrected chi connectivity index (χ0v) is 11.7. The highest BCUT2D eigenvalue weighted by Gasteiger charge is 2.21. The van der Waals surface area contributed by atoms with Crippen LogP contribution < -0.4 is 5.32 Å². The fraction of sp³-hybridized carbons (Fsp3) is 0.429. The lowest BCUT2D eigenvalue weighted by Crippen LogP contribution is -2.49. The van der Waals surface area contributed by atoms with E-state index in [0.717, 1.165) is 12.1 Å². The Hall–Kier alpha value is -2.02. The number of anilines is 1. The van der Waals surface area contributed by atoms with Gasteiger partial charge < -0.3 is 10.2 Å².